The van der Waals surface area contributed by atoms with E-state index in [4.69, 9.17) is 5.11 Å². The van der Waals surface area contributed by atoms with Crippen LogP contribution in [0.4, 0.5) is 5.69 Å². The maximum absolute atomic E-state index is 12.2. The van der Waals surface area contributed by atoms with E-state index < -0.39 is 16.2 Å². The van der Waals surface area contributed by atoms with Crippen LogP contribution in [0.15, 0.2) is 24.3 Å². The van der Waals surface area contributed by atoms with Crippen molar-refractivity contribution in [3.8, 4) is 0 Å². The summed E-state index contributed by atoms with van der Waals surface area (Å²) in [6.45, 7) is 1.80. The van der Waals surface area contributed by atoms with Gasteiger partial charge in [0, 0.05) is 20.6 Å². The van der Waals surface area contributed by atoms with Crippen molar-refractivity contribution < 1.29 is 18.3 Å². The molecule has 0 aliphatic carbocycles. The van der Waals surface area contributed by atoms with Crippen molar-refractivity contribution in [2.45, 2.75) is 13.3 Å². The normalized spacial score (nSPS) is 11.6. The summed E-state index contributed by atoms with van der Waals surface area (Å²) in [5, 5.41) is 8.72. The molecule has 0 spiro atoms. The van der Waals surface area contributed by atoms with Crippen LogP contribution >= 0.6 is 0 Å². The first-order valence-electron chi connectivity index (χ1n) is 5.74. The molecule has 106 valence electrons. The molecular formula is C12H18N2O4S. The molecular weight excluding hydrogens is 268 g/mol. The first-order valence-corrected chi connectivity index (χ1v) is 7.13. The summed E-state index contributed by atoms with van der Waals surface area (Å²) in [6.07, 6.45) is -0.249. The number of hydrogen-bond donors (Lipinski definition) is 1. The lowest BCUT2D eigenvalue weighted by Gasteiger charge is -2.27. The minimum atomic E-state index is -3.70. The second kappa shape index (κ2) is 6.03. The summed E-state index contributed by atoms with van der Waals surface area (Å²) in [7, 11) is -0.869. The van der Waals surface area contributed by atoms with E-state index in [2.05, 4.69) is 0 Å². The van der Waals surface area contributed by atoms with Gasteiger partial charge in [-0.05, 0) is 19.1 Å². The molecule has 7 heteroatoms. The number of rotatable bonds is 6. The van der Waals surface area contributed by atoms with Crippen molar-refractivity contribution in [1.29, 1.82) is 0 Å². The smallest absolute Gasteiger partial charge is 0.305 e. The van der Waals surface area contributed by atoms with Crippen molar-refractivity contribution in [1.82, 2.24) is 4.31 Å². The van der Waals surface area contributed by atoms with Crippen LogP contribution in [0.2, 0.25) is 0 Å². The number of benzene rings is 1. The molecule has 0 aromatic heterocycles. The monoisotopic (exact) mass is 286 g/mol. The third-order valence-corrected chi connectivity index (χ3v) is 4.46. The summed E-state index contributed by atoms with van der Waals surface area (Å²) in [5.74, 6) is -1.04. The maximum atomic E-state index is 12.2. The molecule has 6 nitrogen and oxygen atoms in total. The molecule has 1 aromatic carbocycles. The highest BCUT2D eigenvalue weighted by Crippen LogP contribution is 2.20. The average Bonchev–Trinajstić information content (AvgIpc) is 2.30. The van der Waals surface area contributed by atoms with Crippen LogP contribution in [0.3, 0.4) is 0 Å². The minimum absolute atomic E-state index is 0.0983. The number of aryl methyl sites for hydroxylation is 1. The van der Waals surface area contributed by atoms with E-state index in [0.29, 0.717) is 5.69 Å². The first kappa shape index (κ1) is 15.5. The predicted octanol–water partition coefficient (Wildman–Crippen LogP) is 1.08. The summed E-state index contributed by atoms with van der Waals surface area (Å²) >= 11 is 0. The molecule has 1 aromatic rings. The standard InChI is InChI=1S/C12H18N2O4S/c1-10-4-6-11(7-5-10)14(9-8-12(15)16)19(17,18)13(2)3/h4-7H,8-9H2,1-3H3,(H,15,16). The molecule has 0 aliphatic rings. The Labute approximate surface area is 113 Å². The molecule has 19 heavy (non-hydrogen) atoms. The van der Waals surface area contributed by atoms with Crippen molar-refractivity contribution in [2.75, 3.05) is 24.9 Å². The topological polar surface area (TPSA) is 77.9 Å². The van der Waals surface area contributed by atoms with Crippen molar-refractivity contribution in [2.24, 2.45) is 0 Å². The SMILES string of the molecule is Cc1ccc(N(CCC(=O)O)S(=O)(=O)N(C)C)cc1. The Morgan fingerprint density at radius 3 is 2.16 bits per heavy atom. The Morgan fingerprint density at radius 1 is 1.21 bits per heavy atom. The van der Waals surface area contributed by atoms with Gasteiger partial charge in [0.05, 0.1) is 12.1 Å². The summed E-state index contributed by atoms with van der Waals surface area (Å²) in [4.78, 5) is 10.7. The molecule has 0 heterocycles. The molecule has 1 rings (SSSR count). The number of aliphatic carboxylic acids is 1. The maximum Gasteiger partial charge on any atom is 0.305 e. The molecule has 0 unspecified atom stereocenters. The van der Waals surface area contributed by atoms with Crippen molar-refractivity contribution >= 4 is 21.9 Å². The molecule has 0 aliphatic heterocycles. The molecule has 0 fully saturated rings. The zero-order valence-electron chi connectivity index (χ0n) is 11.2. The average molecular weight is 286 g/mol. The summed E-state index contributed by atoms with van der Waals surface area (Å²) in [5.41, 5.74) is 1.46. The van der Waals surface area contributed by atoms with Gasteiger partial charge in [0.25, 0.3) is 0 Å². The number of nitrogens with zero attached hydrogens (tertiary/aromatic N) is 2. The number of anilines is 1. The quantitative estimate of drug-likeness (QED) is 0.849. The number of carboxylic acid groups (broad SMARTS) is 1. The fourth-order valence-corrected chi connectivity index (χ4v) is 2.59. The van der Waals surface area contributed by atoms with Gasteiger partial charge < -0.3 is 5.11 Å². The van der Waals surface area contributed by atoms with Gasteiger partial charge in [-0.2, -0.15) is 12.7 Å². The first-order chi connectivity index (χ1) is 8.75. The van der Waals surface area contributed by atoms with Crippen molar-refractivity contribution in [3.05, 3.63) is 29.8 Å². The zero-order chi connectivity index (χ0) is 14.6. The highest BCUT2D eigenvalue weighted by molar-refractivity contribution is 7.90. The Kier molecular flexibility index (Phi) is 4.90. The van der Waals surface area contributed by atoms with Gasteiger partial charge in [-0.3, -0.25) is 9.10 Å². The Morgan fingerprint density at radius 2 is 1.74 bits per heavy atom. The Balaban J connectivity index is 3.12. The molecule has 0 radical (unpaired) electrons. The third-order valence-electron chi connectivity index (χ3n) is 2.59. The van der Waals surface area contributed by atoms with Crippen LogP contribution in [0.25, 0.3) is 0 Å². The number of carbonyl (C=O) groups is 1. The zero-order valence-corrected chi connectivity index (χ0v) is 12.0. The molecule has 0 bridgehead atoms. The van der Waals surface area contributed by atoms with Gasteiger partial charge in [-0.1, -0.05) is 17.7 Å². The lowest BCUT2D eigenvalue weighted by molar-refractivity contribution is -0.136. The second-order valence-corrected chi connectivity index (χ2v) is 6.41. The predicted molar refractivity (Wildman–Crippen MR) is 73.4 cm³/mol. The molecule has 0 saturated carbocycles. The van der Waals surface area contributed by atoms with Crippen molar-refractivity contribution in [3.63, 3.8) is 0 Å². The van der Waals surface area contributed by atoms with E-state index in [-0.39, 0.29) is 13.0 Å². The van der Waals surface area contributed by atoms with Crippen LogP contribution < -0.4 is 4.31 Å². The van der Waals surface area contributed by atoms with Crippen LogP contribution in [0.1, 0.15) is 12.0 Å². The van der Waals surface area contributed by atoms with E-state index in [1.165, 1.54) is 14.1 Å². The third kappa shape index (κ3) is 3.93. The minimum Gasteiger partial charge on any atom is -0.481 e. The van der Waals surface area contributed by atoms with Crippen LogP contribution in [0, 0.1) is 6.92 Å². The number of carboxylic acids is 1. The molecule has 0 amide bonds. The fourth-order valence-electron chi connectivity index (χ4n) is 1.48. The van der Waals surface area contributed by atoms with E-state index in [9.17, 15) is 13.2 Å². The Hall–Kier alpha value is -1.60. The van der Waals surface area contributed by atoms with E-state index in [1.54, 1.807) is 24.3 Å². The molecule has 0 saturated heterocycles. The van der Waals surface area contributed by atoms with Gasteiger partial charge in [-0.25, -0.2) is 0 Å². The lowest BCUT2D eigenvalue weighted by atomic mass is 10.2. The summed E-state index contributed by atoms with van der Waals surface area (Å²) < 4.78 is 26.5. The molecule has 0 atom stereocenters. The highest BCUT2D eigenvalue weighted by atomic mass is 32.2. The van der Waals surface area contributed by atoms with E-state index in [1.807, 2.05) is 6.92 Å². The highest BCUT2D eigenvalue weighted by Gasteiger charge is 2.25. The van der Waals surface area contributed by atoms with Gasteiger partial charge >= 0.3 is 16.2 Å². The lowest BCUT2D eigenvalue weighted by Crippen LogP contribution is -2.41. The second-order valence-electron chi connectivity index (χ2n) is 4.34. The van der Waals surface area contributed by atoms with Gasteiger partial charge in [0.15, 0.2) is 0 Å². The van der Waals surface area contributed by atoms with Crippen LogP contribution in [-0.2, 0) is 15.0 Å². The Bertz CT molecular complexity index is 537. The van der Waals surface area contributed by atoms with E-state index >= 15 is 0 Å². The van der Waals surface area contributed by atoms with Gasteiger partial charge in [0.1, 0.15) is 0 Å². The fraction of sp³-hybridized carbons (Fsp3) is 0.417. The van der Waals surface area contributed by atoms with Crippen LogP contribution in [0.5, 0.6) is 0 Å². The molecule has 1 N–H and O–H groups in total. The van der Waals surface area contributed by atoms with Gasteiger partial charge in [0.2, 0.25) is 0 Å². The van der Waals surface area contributed by atoms with Gasteiger partial charge in [-0.15, -0.1) is 0 Å². The van der Waals surface area contributed by atoms with Crippen LogP contribution in [-0.4, -0.2) is 44.4 Å². The largest absolute Gasteiger partial charge is 0.481 e. The number of hydrogen-bond acceptors (Lipinski definition) is 3. The van der Waals surface area contributed by atoms with E-state index in [0.717, 1.165) is 14.2 Å². The summed E-state index contributed by atoms with van der Waals surface area (Å²) in [6, 6.07) is 6.90.